The van der Waals surface area contributed by atoms with Crippen molar-refractivity contribution in [3.63, 3.8) is 0 Å². The molecule has 2 saturated heterocycles. The number of piperidine rings is 1. The fourth-order valence-corrected chi connectivity index (χ4v) is 5.90. The fraction of sp³-hybridized carbons (Fsp3) is 0.391. The molecule has 1 atom stereocenters. The van der Waals surface area contributed by atoms with Crippen molar-refractivity contribution in [3.05, 3.63) is 60.2 Å². The first-order valence-electron chi connectivity index (χ1n) is 10.7. The molecule has 0 radical (unpaired) electrons. The normalized spacial score (nSPS) is 19.9. The number of rotatable bonds is 5. The van der Waals surface area contributed by atoms with Crippen LogP contribution in [0.2, 0.25) is 0 Å². The first-order chi connectivity index (χ1) is 15.0. The van der Waals surface area contributed by atoms with Gasteiger partial charge < -0.3 is 10.2 Å². The fourth-order valence-electron chi connectivity index (χ4n) is 4.22. The van der Waals surface area contributed by atoms with Crippen LogP contribution in [0.3, 0.4) is 0 Å². The van der Waals surface area contributed by atoms with Crippen LogP contribution in [0.15, 0.2) is 59.5 Å². The molecule has 31 heavy (non-hydrogen) atoms. The average Bonchev–Trinajstić information content (AvgIpc) is 3.31. The summed E-state index contributed by atoms with van der Waals surface area (Å²) in [5.74, 6) is -0.347. The largest absolute Gasteiger partial charge is 0.339 e. The molecule has 7 nitrogen and oxygen atoms in total. The van der Waals surface area contributed by atoms with E-state index >= 15 is 0 Å². The topological polar surface area (TPSA) is 86.8 Å². The van der Waals surface area contributed by atoms with E-state index in [4.69, 9.17) is 0 Å². The minimum atomic E-state index is -3.73. The van der Waals surface area contributed by atoms with E-state index in [9.17, 15) is 18.0 Å². The number of nitrogens with one attached hydrogen (secondary N) is 1. The lowest BCUT2D eigenvalue weighted by Crippen LogP contribution is -2.43. The van der Waals surface area contributed by atoms with Crippen LogP contribution in [-0.4, -0.2) is 55.1 Å². The minimum absolute atomic E-state index is 0.00787. The molecular formula is C23H27N3O4S. The number of hydrogen-bond acceptors (Lipinski definition) is 4. The summed E-state index contributed by atoms with van der Waals surface area (Å²) in [7, 11) is -3.73. The van der Waals surface area contributed by atoms with Gasteiger partial charge in [0.25, 0.3) is 5.91 Å². The number of hydrogen-bond donors (Lipinski definition) is 1. The highest BCUT2D eigenvalue weighted by Gasteiger charge is 2.39. The molecule has 2 aliphatic rings. The maximum atomic E-state index is 13.0. The van der Waals surface area contributed by atoms with Crippen LogP contribution in [-0.2, 0) is 14.8 Å². The van der Waals surface area contributed by atoms with Crippen LogP contribution in [0.5, 0.6) is 0 Å². The summed E-state index contributed by atoms with van der Waals surface area (Å²) in [5.41, 5.74) is 1.14. The Labute approximate surface area is 183 Å². The maximum absolute atomic E-state index is 13.0. The van der Waals surface area contributed by atoms with Gasteiger partial charge in [-0.25, -0.2) is 8.42 Å². The van der Waals surface area contributed by atoms with Gasteiger partial charge in [0.1, 0.15) is 6.04 Å². The van der Waals surface area contributed by atoms with Crippen molar-refractivity contribution in [1.82, 2.24) is 9.21 Å². The number of nitrogens with zero attached hydrogens (tertiary/aromatic N) is 2. The molecule has 2 heterocycles. The number of sulfonamides is 1. The van der Waals surface area contributed by atoms with Crippen LogP contribution in [0, 0.1) is 0 Å². The molecule has 4 rings (SSSR count). The highest BCUT2D eigenvalue weighted by atomic mass is 32.2. The summed E-state index contributed by atoms with van der Waals surface area (Å²) >= 11 is 0. The van der Waals surface area contributed by atoms with Gasteiger partial charge in [0.2, 0.25) is 15.9 Å². The molecular weight excluding hydrogens is 414 g/mol. The molecule has 0 saturated carbocycles. The van der Waals surface area contributed by atoms with E-state index in [1.165, 1.54) is 4.31 Å². The van der Waals surface area contributed by atoms with E-state index in [-0.39, 0.29) is 16.7 Å². The van der Waals surface area contributed by atoms with Gasteiger partial charge in [-0.15, -0.1) is 0 Å². The summed E-state index contributed by atoms with van der Waals surface area (Å²) < 4.78 is 27.2. The number of likely N-dealkylation sites (tertiary alicyclic amines) is 1. The van der Waals surface area contributed by atoms with Crippen LogP contribution >= 0.6 is 0 Å². The minimum Gasteiger partial charge on any atom is -0.339 e. The first kappa shape index (κ1) is 21.5. The molecule has 2 aromatic rings. The Morgan fingerprint density at radius 1 is 0.839 bits per heavy atom. The van der Waals surface area contributed by atoms with Gasteiger partial charge >= 0.3 is 0 Å². The van der Waals surface area contributed by atoms with Gasteiger partial charge in [0.05, 0.1) is 4.90 Å². The Kier molecular flexibility index (Phi) is 6.38. The second-order valence-electron chi connectivity index (χ2n) is 8.01. The van der Waals surface area contributed by atoms with E-state index < -0.39 is 16.1 Å². The highest BCUT2D eigenvalue weighted by molar-refractivity contribution is 7.89. The van der Waals surface area contributed by atoms with Gasteiger partial charge in [-0.3, -0.25) is 9.59 Å². The molecule has 0 aromatic heterocycles. The van der Waals surface area contributed by atoms with Gasteiger partial charge in [0.15, 0.2) is 0 Å². The monoisotopic (exact) mass is 441 g/mol. The summed E-state index contributed by atoms with van der Waals surface area (Å²) in [4.78, 5) is 27.5. The number of carbonyl (C=O) groups excluding carboxylic acids is 2. The van der Waals surface area contributed by atoms with Crippen molar-refractivity contribution in [2.45, 2.75) is 43.0 Å². The third-order valence-electron chi connectivity index (χ3n) is 5.90. The van der Waals surface area contributed by atoms with Crippen molar-refractivity contribution < 1.29 is 18.0 Å². The zero-order chi connectivity index (χ0) is 21.8. The van der Waals surface area contributed by atoms with E-state index in [0.29, 0.717) is 30.6 Å². The first-order valence-corrected chi connectivity index (χ1v) is 12.2. The number of anilines is 1. The van der Waals surface area contributed by atoms with E-state index in [0.717, 1.165) is 32.4 Å². The second kappa shape index (κ2) is 9.20. The van der Waals surface area contributed by atoms with Crippen molar-refractivity contribution in [3.8, 4) is 0 Å². The van der Waals surface area contributed by atoms with Crippen molar-refractivity contribution >= 4 is 27.5 Å². The maximum Gasteiger partial charge on any atom is 0.253 e. The highest BCUT2D eigenvalue weighted by Crippen LogP contribution is 2.27. The molecule has 0 bridgehead atoms. The van der Waals surface area contributed by atoms with E-state index in [1.54, 1.807) is 54.6 Å². The number of benzene rings is 2. The second-order valence-corrected chi connectivity index (χ2v) is 9.90. The smallest absolute Gasteiger partial charge is 0.253 e. The summed E-state index contributed by atoms with van der Waals surface area (Å²) in [6.07, 6.45) is 4.33. The molecule has 2 amide bonds. The molecule has 1 N–H and O–H groups in total. The zero-order valence-corrected chi connectivity index (χ0v) is 18.2. The molecule has 2 aliphatic heterocycles. The molecule has 0 aliphatic carbocycles. The molecule has 0 unspecified atom stereocenters. The average molecular weight is 442 g/mol. The predicted octanol–water partition coefficient (Wildman–Crippen LogP) is 3.10. The molecule has 2 fully saturated rings. The quantitative estimate of drug-likeness (QED) is 0.772. The van der Waals surface area contributed by atoms with Gasteiger partial charge in [-0.2, -0.15) is 4.31 Å². The van der Waals surface area contributed by atoms with Crippen molar-refractivity contribution in [2.24, 2.45) is 0 Å². The Morgan fingerprint density at radius 2 is 1.52 bits per heavy atom. The molecule has 8 heteroatoms. The van der Waals surface area contributed by atoms with Crippen molar-refractivity contribution in [1.29, 1.82) is 0 Å². The lowest BCUT2D eigenvalue weighted by molar-refractivity contribution is -0.119. The summed E-state index contributed by atoms with van der Waals surface area (Å²) in [6.45, 7) is 1.88. The van der Waals surface area contributed by atoms with Gasteiger partial charge in [-0.05, 0) is 68.5 Å². The predicted molar refractivity (Wildman–Crippen MR) is 118 cm³/mol. The van der Waals surface area contributed by atoms with E-state index in [2.05, 4.69) is 5.32 Å². The van der Waals surface area contributed by atoms with Crippen LogP contribution in [0.4, 0.5) is 5.69 Å². The lowest BCUT2D eigenvalue weighted by Gasteiger charge is -2.26. The summed E-state index contributed by atoms with van der Waals surface area (Å²) in [5, 5.41) is 2.81. The van der Waals surface area contributed by atoms with Crippen LogP contribution in [0.25, 0.3) is 0 Å². The lowest BCUT2D eigenvalue weighted by atomic mass is 10.1. The Balaban J connectivity index is 1.43. The Bertz CT molecular complexity index is 1030. The van der Waals surface area contributed by atoms with Gasteiger partial charge in [-0.1, -0.05) is 18.2 Å². The number of amides is 2. The third-order valence-corrected chi connectivity index (χ3v) is 7.82. The zero-order valence-electron chi connectivity index (χ0n) is 17.4. The summed E-state index contributed by atoms with van der Waals surface area (Å²) in [6, 6.07) is 14.2. The van der Waals surface area contributed by atoms with Gasteiger partial charge in [0, 0.05) is 30.9 Å². The number of carbonyl (C=O) groups is 2. The molecule has 2 aromatic carbocycles. The molecule has 164 valence electrons. The van der Waals surface area contributed by atoms with E-state index in [1.807, 2.05) is 4.90 Å². The third kappa shape index (κ3) is 4.65. The Morgan fingerprint density at radius 3 is 2.19 bits per heavy atom. The van der Waals surface area contributed by atoms with Crippen LogP contribution < -0.4 is 5.32 Å². The Hall–Kier alpha value is -2.71. The molecule has 0 spiro atoms. The SMILES string of the molecule is O=C(Nc1ccc(C(=O)N2CCCCC2)cc1)[C@H]1CCCN1S(=O)(=O)c1ccccc1. The van der Waals surface area contributed by atoms with Crippen LogP contribution in [0.1, 0.15) is 42.5 Å². The standard InChI is InChI=1S/C23H27N3O4S/c27-22(21-10-7-17-26(21)31(29,30)20-8-3-1-4-9-20)24-19-13-11-18(12-14-19)23(28)25-15-5-2-6-16-25/h1,3-4,8-9,11-14,21H,2,5-7,10,15-17H2,(H,24,27)/t21-/m1/s1. The van der Waals surface area contributed by atoms with Crippen molar-refractivity contribution in [2.75, 3.05) is 25.0 Å².